The van der Waals surface area contributed by atoms with Gasteiger partial charge in [0, 0.05) is 31.8 Å². The zero-order valence-corrected chi connectivity index (χ0v) is 15.5. The molecule has 2 aromatic carbocycles. The zero-order chi connectivity index (χ0) is 19.9. The Hall–Kier alpha value is -3.48. The molecule has 28 heavy (non-hydrogen) atoms. The molecule has 0 spiro atoms. The molecule has 0 saturated heterocycles. The minimum atomic E-state index is -0.500. The highest BCUT2D eigenvalue weighted by atomic mass is 19.1. The smallest absolute Gasteiger partial charge is 0.224 e. The van der Waals surface area contributed by atoms with Crippen LogP contribution in [0.25, 0.3) is 5.69 Å². The van der Waals surface area contributed by atoms with Crippen molar-refractivity contribution >= 4 is 17.5 Å². The van der Waals surface area contributed by atoms with Crippen molar-refractivity contribution in [3.05, 3.63) is 78.1 Å². The number of carbonyl (C=O) groups is 2. The molecule has 0 aliphatic rings. The number of aromatic nitrogens is 2. The molecule has 2 N–H and O–H groups in total. The van der Waals surface area contributed by atoms with Crippen molar-refractivity contribution < 1.29 is 14.0 Å². The van der Waals surface area contributed by atoms with E-state index in [0.717, 1.165) is 16.8 Å². The fourth-order valence-electron chi connectivity index (χ4n) is 2.77. The number of aryl methyl sites for hydroxylation is 1. The number of anilines is 1. The third-order valence-electron chi connectivity index (χ3n) is 4.23. The molecule has 2 amide bonds. The molecule has 0 fully saturated rings. The van der Waals surface area contributed by atoms with Crippen LogP contribution in [0.15, 0.2) is 61.2 Å². The van der Waals surface area contributed by atoms with E-state index in [9.17, 15) is 14.0 Å². The van der Waals surface area contributed by atoms with Crippen molar-refractivity contribution in [2.75, 3.05) is 5.32 Å². The van der Waals surface area contributed by atoms with Gasteiger partial charge in [0.1, 0.15) is 5.82 Å². The highest BCUT2D eigenvalue weighted by Gasteiger charge is 2.11. The second kappa shape index (κ2) is 8.94. The van der Waals surface area contributed by atoms with Gasteiger partial charge in [0.05, 0.1) is 17.7 Å². The average molecular weight is 380 g/mol. The molecule has 0 atom stereocenters. The first-order chi connectivity index (χ1) is 13.5. The average Bonchev–Trinajstić information content (AvgIpc) is 3.22. The SMILES string of the molecule is Cc1ccc(F)c(NC(=O)CCC(=O)NCc2ccccc2-n2ccnc2)c1. The van der Waals surface area contributed by atoms with Crippen molar-refractivity contribution in [3.63, 3.8) is 0 Å². The Morgan fingerprint density at radius 3 is 2.68 bits per heavy atom. The van der Waals surface area contributed by atoms with E-state index in [1.54, 1.807) is 24.7 Å². The van der Waals surface area contributed by atoms with Crippen LogP contribution in [-0.4, -0.2) is 21.4 Å². The van der Waals surface area contributed by atoms with Crippen LogP contribution in [0.2, 0.25) is 0 Å². The molecule has 7 heteroatoms. The summed E-state index contributed by atoms with van der Waals surface area (Å²) >= 11 is 0. The van der Waals surface area contributed by atoms with Crippen molar-refractivity contribution in [2.45, 2.75) is 26.3 Å². The van der Waals surface area contributed by atoms with Gasteiger partial charge in [0.2, 0.25) is 11.8 Å². The minimum Gasteiger partial charge on any atom is -0.352 e. The number of benzene rings is 2. The predicted octanol–water partition coefficient (Wildman–Crippen LogP) is 3.35. The molecule has 0 unspecified atom stereocenters. The van der Waals surface area contributed by atoms with Crippen molar-refractivity contribution in [3.8, 4) is 5.69 Å². The molecule has 3 rings (SSSR count). The van der Waals surface area contributed by atoms with Crippen LogP contribution in [0.3, 0.4) is 0 Å². The van der Waals surface area contributed by atoms with E-state index in [2.05, 4.69) is 15.6 Å². The molecule has 3 aromatic rings. The lowest BCUT2D eigenvalue weighted by atomic mass is 10.1. The molecule has 6 nitrogen and oxygen atoms in total. The molecule has 0 aliphatic carbocycles. The highest BCUT2D eigenvalue weighted by Crippen LogP contribution is 2.16. The highest BCUT2D eigenvalue weighted by molar-refractivity contribution is 5.93. The second-order valence-corrected chi connectivity index (χ2v) is 6.41. The first kappa shape index (κ1) is 19.3. The number of nitrogens with zero attached hydrogens (tertiary/aromatic N) is 2. The van der Waals surface area contributed by atoms with Gasteiger partial charge >= 0.3 is 0 Å². The molecule has 1 heterocycles. The fourth-order valence-corrected chi connectivity index (χ4v) is 2.77. The molecule has 1 aromatic heterocycles. The van der Waals surface area contributed by atoms with Gasteiger partial charge in [-0.3, -0.25) is 9.59 Å². The van der Waals surface area contributed by atoms with Gasteiger partial charge < -0.3 is 15.2 Å². The number of hydrogen-bond acceptors (Lipinski definition) is 3. The van der Waals surface area contributed by atoms with Crippen molar-refractivity contribution in [2.24, 2.45) is 0 Å². The van der Waals surface area contributed by atoms with E-state index in [-0.39, 0.29) is 24.4 Å². The topological polar surface area (TPSA) is 76.0 Å². The number of hydrogen-bond donors (Lipinski definition) is 2. The van der Waals surface area contributed by atoms with E-state index in [4.69, 9.17) is 0 Å². The quantitative estimate of drug-likeness (QED) is 0.660. The number of amides is 2. The summed E-state index contributed by atoms with van der Waals surface area (Å²) in [4.78, 5) is 28.1. The lowest BCUT2D eigenvalue weighted by molar-refractivity contribution is -0.124. The number of para-hydroxylation sites is 1. The largest absolute Gasteiger partial charge is 0.352 e. The molecule has 144 valence electrons. The van der Waals surface area contributed by atoms with E-state index >= 15 is 0 Å². The monoisotopic (exact) mass is 380 g/mol. The Bertz CT molecular complexity index is 970. The maximum absolute atomic E-state index is 13.7. The van der Waals surface area contributed by atoms with E-state index in [0.29, 0.717) is 6.54 Å². The van der Waals surface area contributed by atoms with Gasteiger partial charge in [-0.15, -0.1) is 0 Å². The number of halogens is 1. The molecule has 0 bridgehead atoms. The lowest BCUT2D eigenvalue weighted by Crippen LogP contribution is -2.25. The van der Waals surface area contributed by atoms with Gasteiger partial charge in [-0.2, -0.15) is 0 Å². The van der Waals surface area contributed by atoms with Crippen molar-refractivity contribution in [1.82, 2.24) is 14.9 Å². The summed E-state index contributed by atoms with van der Waals surface area (Å²) in [6.07, 6.45) is 5.20. The van der Waals surface area contributed by atoms with Crippen LogP contribution >= 0.6 is 0 Å². The van der Waals surface area contributed by atoms with Gasteiger partial charge in [-0.1, -0.05) is 24.3 Å². The summed E-state index contributed by atoms with van der Waals surface area (Å²) in [5.41, 5.74) is 2.82. The fraction of sp³-hybridized carbons (Fsp3) is 0.190. The second-order valence-electron chi connectivity index (χ2n) is 6.41. The van der Waals surface area contributed by atoms with E-state index in [1.165, 1.54) is 6.07 Å². The normalized spacial score (nSPS) is 10.5. The third-order valence-corrected chi connectivity index (χ3v) is 4.23. The standard InChI is InChI=1S/C21H21FN4O2/c1-15-6-7-17(22)18(12-15)25-21(28)9-8-20(27)24-13-16-4-2-3-5-19(16)26-11-10-23-14-26/h2-7,10-12,14H,8-9,13H2,1H3,(H,24,27)(H,25,28). The first-order valence-electron chi connectivity index (χ1n) is 8.92. The zero-order valence-electron chi connectivity index (χ0n) is 15.5. The molecular formula is C21H21FN4O2. The van der Waals surface area contributed by atoms with Gasteiger partial charge in [-0.25, -0.2) is 9.37 Å². The Morgan fingerprint density at radius 1 is 1.11 bits per heavy atom. The Labute approximate surface area is 162 Å². The van der Waals surface area contributed by atoms with E-state index in [1.807, 2.05) is 42.0 Å². The summed E-state index contributed by atoms with van der Waals surface area (Å²) < 4.78 is 15.6. The van der Waals surface area contributed by atoms with Crippen LogP contribution in [0.4, 0.5) is 10.1 Å². The summed E-state index contributed by atoms with van der Waals surface area (Å²) in [5.74, 6) is -1.15. The summed E-state index contributed by atoms with van der Waals surface area (Å²) in [6.45, 7) is 2.14. The Balaban J connectivity index is 1.50. The predicted molar refractivity (Wildman–Crippen MR) is 104 cm³/mol. The molecule has 0 aliphatic heterocycles. The number of nitrogens with one attached hydrogen (secondary N) is 2. The first-order valence-corrected chi connectivity index (χ1v) is 8.92. The van der Waals surface area contributed by atoms with Crippen LogP contribution in [-0.2, 0) is 16.1 Å². The molecule has 0 saturated carbocycles. The van der Waals surface area contributed by atoms with E-state index < -0.39 is 11.7 Å². The van der Waals surface area contributed by atoms with Crippen LogP contribution in [0.5, 0.6) is 0 Å². The van der Waals surface area contributed by atoms with Crippen LogP contribution < -0.4 is 10.6 Å². The number of carbonyl (C=O) groups excluding carboxylic acids is 2. The third kappa shape index (κ3) is 5.03. The molecular weight excluding hydrogens is 359 g/mol. The van der Waals surface area contributed by atoms with Gasteiger partial charge in [0.25, 0.3) is 0 Å². The molecule has 0 radical (unpaired) electrons. The minimum absolute atomic E-state index is 0.0203. The maximum Gasteiger partial charge on any atom is 0.224 e. The van der Waals surface area contributed by atoms with Crippen LogP contribution in [0, 0.1) is 12.7 Å². The summed E-state index contributed by atoms with van der Waals surface area (Å²) in [5, 5.41) is 5.32. The van der Waals surface area contributed by atoms with Gasteiger partial charge in [-0.05, 0) is 36.2 Å². The van der Waals surface area contributed by atoms with Crippen LogP contribution in [0.1, 0.15) is 24.0 Å². The lowest BCUT2D eigenvalue weighted by Gasteiger charge is -2.11. The maximum atomic E-state index is 13.7. The Kier molecular flexibility index (Phi) is 6.16. The van der Waals surface area contributed by atoms with Crippen molar-refractivity contribution in [1.29, 1.82) is 0 Å². The summed E-state index contributed by atoms with van der Waals surface area (Å²) in [7, 11) is 0. The van der Waals surface area contributed by atoms with Gasteiger partial charge in [0.15, 0.2) is 0 Å². The Morgan fingerprint density at radius 2 is 1.89 bits per heavy atom. The number of rotatable bonds is 7. The summed E-state index contributed by atoms with van der Waals surface area (Å²) in [6, 6.07) is 12.1. The number of imidazole rings is 1.